The van der Waals surface area contributed by atoms with Crippen LogP contribution < -0.4 is 10.6 Å². The van der Waals surface area contributed by atoms with Crippen molar-refractivity contribution in [2.24, 2.45) is 0 Å². The summed E-state index contributed by atoms with van der Waals surface area (Å²) in [5.74, 6) is 0.905. The Bertz CT molecular complexity index is 1100. The summed E-state index contributed by atoms with van der Waals surface area (Å²) in [4.78, 5) is 22.9. The van der Waals surface area contributed by atoms with Gasteiger partial charge in [0.2, 0.25) is 23.5 Å². The molecule has 0 aliphatic heterocycles. The second-order valence-corrected chi connectivity index (χ2v) is 5.79. The van der Waals surface area contributed by atoms with Gasteiger partial charge in [-0.05, 0) is 24.3 Å². The third kappa shape index (κ3) is 3.35. The Hall–Kier alpha value is -3.92. The van der Waals surface area contributed by atoms with Gasteiger partial charge in [-0.1, -0.05) is 23.4 Å². The average molecular weight is 376 g/mol. The number of para-hydroxylation sites is 1. The molecule has 4 aromatic rings. The highest BCUT2D eigenvalue weighted by Gasteiger charge is 2.18. The molecule has 3 aromatic heterocycles. The molecule has 0 amide bonds. The summed E-state index contributed by atoms with van der Waals surface area (Å²) < 4.78 is 5.31. The van der Waals surface area contributed by atoms with Gasteiger partial charge in [-0.15, -0.1) is 0 Å². The number of pyridine rings is 1. The van der Waals surface area contributed by atoms with Crippen LogP contribution in [-0.4, -0.2) is 42.2 Å². The molecule has 0 unspecified atom stereocenters. The summed E-state index contributed by atoms with van der Waals surface area (Å²) in [6.07, 6.45) is 1.57. The van der Waals surface area contributed by atoms with Crippen LogP contribution in [0.25, 0.3) is 23.1 Å². The Kier molecular flexibility index (Phi) is 4.60. The number of hydrogen-bond donors (Lipinski definition) is 2. The third-order valence-corrected chi connectivity index (χ3v) is 3.98. The molecule has 0 spiro atoms. The van der Waals surface area contributed by atoms with Gasteiger partial charge in [0.15, 0.2) is 0 Å². The molecule has 3 heterocycles. The lowest BCUT2D eigenvalue weighted by molar-refractivity contribution is 0.277. The van der Waals surface area contributed by atoms with E-state index in [9.17, 15) is 5.11 Å². The molecule has 0 aliphatic rings. The molecule has 28 heavy (non-hydrogen) atoms. The number of hydrogen-bond acceptors (Lipinski definition) is 10. The van der Waals surface area contributed by atoms with Crippen LogP contribution in [0.3, 0.4) is 0 Å². The monoisotopic (exact) mass is 376 g/mol. The topological polar surface area (TPSA) is 140 Å². The van der Waals surface area contributed by atoms with Crippen LogP contribution in [0.15, 0.2) is 53.2 Å². The Morgan fingerprint density at radius 3 is 2.61 bits per heavy atom. The van der Waals surface area contributed by atoms with Crippen molar-refractivity contribution >= 4 is 17.6 Å². The van der Waals surface area contributed by atoms with Gasteiger partial charge in [0.05, 0.1) is 17.9 Å². The number of nitrogens with zero attached hydrogens (tertiary/aromatic N) is 7. The maximum atomic E-state index is 9.44. The zero-order valence-corrected chi connectivity index (χ0v) is 14.9. The van der Waals surface area contributed by atoms with Crippen molar-refractivity contribution in [3.8, 4) is 23.1 Å². The Morgan fingerprint density at radius 1 is 1.00 bits per heavy atom. The van der Waals surface area contributed by atoms with Crippen LogP contribution in [0.4, 0.5) is 17.6 Å². The summed E-state index contributed by atoms with van der Waals surface area (Å²) in [6.45, 7) is -0.251. The molecule has 0 saturated carbocycles. The second kappa shape index (κ2) is 7.37. The fourth-order valence-corrected chi connectivity index (χ4v) is 2.58. The molecule has 4 rings (SSSR count). The fraction of sp³-hybridized carbons (Fsp3) is 0.111. The smallest absolute Gasteiger partial charge is 0.260 e. The van der Waals surface area contributed by atoms with Crippen molar-refractivity contribution in [1.29, 1.82) is 0 Å². The van der Waals surface area contributed by atoms with Crippen molar-refractivity contribution < 1.29 is 9.63 Å². The first kappa shape index (κ1) is 17.5. The SMILES string of the molecule is CN(c1ccccc1)c1nc(N)nc(-c2noc(-c3cccnc3CO)n2)n1. The zero-order chi connectivity index (χ0) is 19.5. The standard InChI is InChI=1S/C18H16N8O2/c1-26(11-6-3-2-4-7-11)18-23-14(22-17(19)24-18)15-21-16(28-25-15)12-8-5-9-20-13(12)10-27/h2-9,27H,10H2,1H3,(H2,19,22,23,24). The molecule has 1 aromatic carbocycles. The van der Waals surface area contributed by atoms with Crippen LogP contribution in [-0.2, 0) is 6.61 Å². The maximum Gasteiger partial charge on any atom is 0.260 e. The molecule has 10 heteroatoms. The van der Waals surface area contributed by atoms with Crippen LogP contribution in [0.1, 0.15) is 5.69 Å². The van der Waals surface area contributed by atoms with Crippen LogP contribution in [0.5, 0.6) is 0 Å². The van der Waals surface area contributed by atoms with Gasteiger partial charge in [0, 0.05) is 18.9 Å². The number of rotatable bonds is 5. The Labute approximate surface area is 159 Å². The predicted molar refractivity (Wildman–Crippen MR) is 101 cm³/mol. The van der Waals surface area contributed by atoms with E-state index in [2.05, 4.69) is 30.1 Å². The van der Waals surface area contributed by atoms with Crippen molar-refractivity contribution in [2.45, 2.75) is 6.61 Å². The van der Waals surface area contributed by atoms with E-state index >= 15 is 0 Å². The molecular weight excluding hydrogens is 360 g/mol. The summed E-state index contributed by atoms with van der Waals surface area (Å²) in [5.41, 5.74) is 7.71. The number of aromatic nitrogens is 6. The number of benzene rings is 1. The maximum absolute atomic E-state index is 9.44. The highest BCUT2D eigenvalue weighted by molar-refractivity contribution is 5.61. The quantitative estimate of drug-likeness (QED) is 0.530. The highest BCUT2D eigenvalue weighted by Crippen LogP contribution is 2.25. The van der Waals surface area contributed by atoms with Crippen molar-refractivity contribution in [3.05, 3.63) is 54.4 Å². The molecule has 0 atom stereocenters. The average Bonchev–Trinajstić information content (AvgIpc) is 3.23. The van der Waals surface area contributed by atoms with E-state index in [1.807, 2.05) is 37.4 Å². The van der Waals surface area contributed by atoms with Crippen LogP contribution in [0.2, 0.25) is 0 Å². The molecule has 0 aliphatic carbocycles. The van der Waals surface area contributed by atoms with E-state index in [4.69, 9.17) is 10.3 Å². The first-order chi connectivity index (χ1) is 13.7. The lowest BCUT2D eigenvalue weighted by atomic mass is 10.2. The van der Waals surface area contributed by atoms with Crippen LogP contribution >= 0.6 is 0 Å². The Balaban J connectivity index is 1.71. The lowest BCUT2D eigenvalue weighted by Gasteiger charge is -2.17. The number of anilines is 3. The van der Waals surface area contributed by atoms with Crippen molar-refractivity contribution in [3.63, 3.8) is 0 Å². The second-order valence-electron chi connectivity index (χ2n) is 5.79. The zero-order valence-electron chi connectivity index (χ0n) is 14.9. The van der Waals surface area contributed by atoms with Gasteiger partial charge in [-0.25, -0.2) is 0 Å². The van der Waals surface area contributed by atoms with E-state index in [1.54, 1.807) is 23.2 Å². The third-order valence-electron chi connectivity index (χ3n) is 3.98. The number of nitrogens with two attached hydrogens (primary N) is 1. The van der Waals surface area contributed by atoms with E-state index in [1.165, 1.54) is 0 Å². The molecule has 0 saturated heterocycles. The first-order valence-corrected chi connectivity index (χ1v) is 8.35. The summed E-state index contributed by atoms with van der Waals surface area (Å²) in [6, 6.07) is 13.0. The number of aliphatic hydroxyl groups is 1. The van der Waals surface area contributed by atoms with Gasteiger partial charge >= 0.3 is 0 Å². The normalized spacial score (nSPS) is 10.8. The molecule has 10 nitrogen and oxygen atoms in total. The van der Waals surface area contributed by atoms with E-state index in [0.717, 1.165) is 5.69 Å². The van der Waals surface area contributed by atoms with E-state index in [-0.39, 0.29) is 30.1 Å². The highest BCUT2D eigenvalue weighted by atomic mass is 16.5. The predicted octanol–water partition coefficient (Wildman–Crippen LogP) is 1.83. The van der Waals surface area contributed by atoms with Crippen molar-refractivity contribution in [1.82, 2.24) is 30.1 Å². The van der Waals surface area contributed by atoms with Gasteiger partial charge in [0.25, 0.3) is 5.89 Å². The van der Waals surface area contributed by atoms with Gasteiger partial charge in [-0.3, -0.25) is 4.98 Å². The molecular formula is C18H16N8O2. The number of aliphatic hydroxyl groups excluding tert-OH is 1. The lowest BCUT2D eigenvalue weighted by Crippen LogP contribution is -2.15. The molecule has 140 valence electrons. The first-order valence-electron chi connectivity index (χ1n) is 8.35. The van der Waals surface area contributed by atoms with Gasteiger partial charge in [-0.2, -0.15) is 19.9 Å². The minimum atomic E-state index is -0.251. The largest absolute Gasteiger partial charge is 0.390 e. The Morgan fingerprint density at radius 2 is 1.82 bits per heavy atom. The molecule has 3 N–H and O–H groups in total. The summed E-state index contributed by atoms with van der Waals surface area (Å²) >= 11 is 0. The minimum Gasteiger partial charge on any atom is -0.390 e. The summed E-state index contributed by atoms with van der Waals surface area (Å²) in [5, 5.41) is 13.4. The van der Waals surface area contributed by atoms with Crippen molar-refractivity contribution in [2.75, 3.05) is 17.7 Å². The van der Waals surface area contributed by atoms with E-state index in [0.29, 0.717) is 17.2 Å². The van der Waals surface area contributed by atoms with E-state index < -0.39 is 0 Å². The molecule has 0 bridgehead atoms. The number of nitrogen functional groups attached to an aromatic ring is 1. The molecule has 0 radical (unpaired) electrons. The summed E-state index contributed by atoms with van der Waals surface area (Å²) in [7, 11) is 1.82. The van der Waals surface area contributed by atoms with Crippen LogP contribution in [0, 0.1) is 0 Å². The minimum absolute atomic E-state index is 0.0338. The fourth-order valence-electron chi connectivity index (χ4n) is 2.58. The van der Waals surface area contributed by atoms with Gasteiger partial charge in [0.1, 0.15) is 0 Å². The van der Waals surface area contributed by atoms with Gasteiger partial charge < -0.3 is 20.3 Å². The molecule has 0 fully saturated rings.